The molecule has 1 fully saturated rings. The van der Waals surface area contributed by atoms with Gasteiger partial charge in [0.2, 0.25) is 0 Å². The van der Waals surface area contributed by atoms with Gasteiger partial charge in [-0.25, -0.2) is 0 Å². The van der Waals surface area contributed by atoms with Gasteiger partial charge in [0.15, 0.2) is 0 Å². The summed E-state index contributed by atoms with van der Waals surface area (Å²) in [5.74, 6) is 1.24. The van der Waals surface area contributed by atoms with E-state index in [1.54, 1.807) is 12.1 Å². The normalized spacial score (nSPS) is 18.9. The summed E-state index contributed by atoms with van der Waals surface area (Å²) in [6, 6.07) is 3.49. The van der Waals surface area contributed by atoms with Gasteiger partial charge in [-0.3, -0.25) is 9.80 Å². The molecule has 0 amide bonds. The van der Waals surface area contributed by atoms with E-state index < -0.39 is 12.7 Å². The molecule has 0 aromatic carbocycles. The van der Waals surface area contributed by atoms with Gasteiger partial charge in [0.25, 0.3) is 0 Å². The highest BCUT2D eigenvalue weighted by Crippen LogP contribution is 2.18. The van der Waals surface area contributed by atoms with Crippen molar-refractivity contribution in [2.45, 2.75) is 19.3 Å². The predicted molar refractivity (Wildman–Crippen MR) is 62.4 cm³/mol. The fraction of sp³-hybridized carbons (Fsp3) is 0.667. The molecule has 2 heterocycles. The zero-order valence-corrected chi connectivity index (χ0v) is 10.5. The highest BCUT2D eigenvalue weighted by atomic mass is 19.4. The van der Waals surface area contributed by atoms with Gasteiger partial charge in [-0.2, -0.15) is 13.2 Å². The Balaban J connectivity index is 1.77. The fourth-order valence-electron chi connectivity index (χ4n) is 2.17. The van der Waals surface area contributed by atoms with Gasteiger partial charge in [0, 0.05) is 26.2 Å². The Hall–Kier alpha value is -1.05. The van der Waals surface area contributed by atoms with Crippen LogP contribution in [0.1, 0.15) is 11.5 Å². The van der Waals surface area contributed by atoms with Crippen LogP contribution in [0.15, 0.2) is 16.5 Å². The fourth-order valence-corrected chi connectivity index (χ4v) is 2.17. The average Bonchev–Trinajstić information content (AvgIpc) is 2.77. The standard InChI is InChI=1S/C12H17F3N2O2/c13-12(14,15)9-17-5-3-16(4-6-17)7-10-1-2-11(8-18)19-10/h1-2,18H,3-9H2. The maximum absolute atomic E-state index is 12.2. The van der Waals surface area contributed by atoms with Crippen molar-refractivity contribution >= 4 is 0 Å². The zero-order valence-electron chi connectivity index (χ0n) is 10.5. The second kappa shape index (κ2) is 5.94. The first-order valence-corrected chi connectivity index (χ1v) is 6.16. The highest BCUT2D eigenvalue weighted by Gasteiger charge is 2.32. The lowest BCUT2D eigenvalue weighted by Gasteiger charge is -2.34. The molecule has 0 unspecified atom stereocenters. The van der Waals surface area contributed by atoms with Crippen molar-refractivity contribution in [2.75, 3.05) is 32.7 Å². The minimum atomic E-state index is -4.13. The van der Waals surface area contributed by atoms with Gasteiger partial charge >= 0.3 is 6.18 Å². The molecule has 19 heavy (non-hydrogen) atoms. The van der Waals surface area contributed by atoms with Gasteiger partial charge < -0.3 is 9.52 Å². The third-order valence-electron chi connectivity index (χ3n) is 3.12. The van der Waals surface area contributed by atoms with Crippen molar-refractivity contribution in [2.24, 2.45) is 0 Å². The van der Waals surface area contributed by atoms with Crippen LogP contribution in [0.3, 0.4) is 0 Å². The van der Waals surface area contributed by atoms with Crippen molar-refractivity contribution in [3.05, 3.63) is 23.7 Å². The molecular weight excluding hydrogens is 261 g/mol. The first-order valence-electron chi connectivity index (χ1n) is 6.16. The number of hydrogen-bond donors (Lipinski definition) is 1. The number of aliphatic hydroxyl groups is 1. The summed E-state index contributed by atoms with van der Waals surface area (Å²) in [5, 5.41) is 8.88. The van der Waals surface area contributed by atoms with Gasteiger partial charge in [0.05, 0.1) is 13.1 Å². The average molecular weight is 278 g/mol. The molecule has 4 nitrogen and oxygen atoms in total. The largest absolute Gasteiger partial charge is 0.462 e. The molecule has 0 spiro atoms. The van der Waals surface area contributed by atoms with Gasteiger partial charge in [-0.05, 0) is 12.1 Å². The monoisotopic (exact) mass is 278 g/mol. The molecule has 0 saturated carbocycles. The lowest BCUT2D eigenvalue weighted by molar-refractivity contribution is -0.149. The molecule has 1 aliphatic heterocycles. The summed E-state index contributed by atoms with van der Waals surface area (Å²) >= 11 is 0. The van der Waals surface area contributed by atoms with E-state index >= 15 is 0 Å². The number of aliphatic hydroxyl groups excluding tert-OH is 1. The van der Waals surface area contributed by atoms with Crippen molar-refractivity contribution in [3.63, 3.8) is 0 Å². The molecule has 1 aromatic heterocycles. The first-order chi connectivity index (χ1) is 8.96. The molecule has 0 atom stereocenters. The van der Waals surface area contributed by atoms with Crippen LogP contribution >= 0.6 is 0 Å². The van der Waals surface area contributed by atoms with Crippen LogP contribution in [0.2, 0.25) is 0 Å². The maximum Gasteiger partial charge on any atom is 0.401 e. The summed E-state index contributed by atoms with van der Waals surface area (Å²) in [5.41, 5.74) is 0. The van der Waals surface area contributed by atoms with E-state index in [0.29, 0.717) is 38.5 Å². The van der Waals surface area contributed by atoms with E-state index in [4.69, 9.17) is 9.52 Å². The smallest absolute Gasteiger partial charge is 0.401 e. The van der Waals surface area contributed by atoms with Gasteiger partial charge in [-0.1, -0.05) is 0 Å². The van der Waals surface area contributed by atoms with E-state index in [9.17, 15) is 13.2 Å². The van der Waals surface area contributed by atoms with Crippen LogP contribution < -0.4 is 0 Å². The zero-order chi connectivity index (χ0) is 13.9. The van der Waals surface area contributed by atoms with Crippen molar-refractivity contribution in [3.8, 4) is 0 Å². The van der Waals surface area contributed by atoms with Crippen LogP contribution in [0, 0.1) is 0 Å². The molecule has 2 rings (SSSR count). The molecule has 1 N–H and O–H groups in total. The Morgan fingerprint density at radius 3 is 2.16 bits per heavy atom. The molecule has 7 heteroatoms. The van der Waals surface area contributed by atoms with Crippen molar-refractivity contribution in [1.82, 2.24) is 9.80 Å². The molecule has 0 aliphatic carbocycles. The summed E-state index contributed by atoms with van der Waals surface area (Å²) < 4.78 is 42.1. The SMILES string of the molecule is OCc1ccc(CN2CCN(CC(F)(F)F)CC2)o1. The molecule has 1 saturated heterocycles. The van der Waals surface area contributed by atoms with E-state index in [1.165, 1.54) is 4.90 Å². The number of piperazine rings is 1. The van der Waals surface area contributed by atoms with Crippen molar-refractivity contribution < 1.29 is 22.7 Å². The second-order valence-electron chi connectivity index (χ2n) is 4.69. The molecular formula is C12H17F3N2O2. The van der Waals surface area contributed by atoms with Crippen LogP contribution in [0.5, 0.6) is 0 Å². The lowest BCUT2D eigenvalue weighted by atomic mass is 10.3. The first kappa shape index (κ1) is 14.4. The Bertz CT molecular complexity index is 398. The summed E-state index contributed by atoms with van der Waals surface area (Å²) in [6.45, 7) is 1.59. The summed E-state index contributed by atoms with van der Waals surface area (Å²) in [6.07, 6.45) is -4.13. The van der Waals surface area contributed by atoms with E-state index in [-0.39, 0.29) is 6.61 Å². The molecule has 0 radical (unpaired) electrons. The maximum atomic E-state index is 12.2. The second-order valence-corrected chi connectivity index (χ2v) is 4.69. The summed E-state index contributed by atoms with van der Waals surface area (Å²) in [4.78, 5) is 3.46. The van der Waals surface area contributed by atoms with Crippen LogP contribution in [0.4, 0.5) is 13.2 Å². The number of halogens is 3. The van der Waals surface area contributed by atoms with Gasteiger partial charge in [0.1, 0.15) is 18.1 Å². The predicted octanol–water partition coefficient (Wildman–Crippen LogP) is 1.45. The van der Waals surface area contributed by atoms with E-state index in [0.717, 1.165) is 5.76 Å². The topological polar surface area (TPSA) is 39.9 Å². The summed E-state index contributed by atoms with van der Waals surface area (Å²) in [7, 11) is 0. The number of hydrogen-bond acceptors (Lipinski definition) is 4. The quantitative estimate of drug-likeness (QED) is 0.905. The van der Waals surface area contributed by atoms with Crippen LogP contribution in [-0.2, 0) is 13.2 Å². The third-order valence-corrected chi connectivity index (χ3v) is 3.12. The molecule has 108 valence electrons. The van der Waals surface area contributed by atoms with Crippen LogP contribution in [0.25, 0.3) is 0 Å². The molecule has 1 aromatic rings. The van der Waals surface area contributed by atoms with Crippen molar-refractivity contribution in [1.29, 1.82) is 0 Å². The highest BCUT2D eigenvalue weighted by molar-refractivity contribution is 5.06. The van der Waals surface area contributed by atoms with Gasteiger partial charge in [-0.15, -0.1) is 0 Å². The lowest BCUT2D eigenvalue weighted by Crippen LogP contribution is -2.48. The molecule has 0 bridgehead atoms. The Kier molecular flexibility index (Phi) is 4.49. The Labute approximate surface area is 109 Å². The third kappa shape index (κ3) is 4.52. The number of alkyl halides is 3. The minimum absolute atomic E-state index is 0.140. The Morgan fingerprint density at radius 1 is 1.05 bits per heavy atom. The minimum Gasteiger partial charge on any atom is -0.462 e. The Morgan fingerprint density at radius 2 is 1.63 bits per heavy atom. The number of furan rings is 1. The van der Waals surface area contributed by atoms with E-state index in [1.807, 2.05) is 4.90 Å². The van der Waals surface area contributed by atoms with E-state index in [2.05, 4.69) is 0 Å². The molecule has 1 aliphatic rings. The van der Waals surface area contributed by atoms with Crippen LogP contribution in [-0.4, -0.2) is 53.8 Å². The number of nitrogens with zero attached hydrogens (tertiary/aromatic N) is 2. The number of rotatable bonds is 4.